The van der Waals surface area contributed by atoms with Crippen molar-refractivity contribution in [3.05, 3.63) is 142 Å². The second-order valence-electron chi connectivity index (χ2n) is 15.3. The number of nitrogens with zero attached hydrogens (tertiary/aromatic N) is 5. The Morgan fingerprint density at radius 3 is 2.32 bits per heavy atom. The van der Waals surface area contributed by atoms with E-state index in [0.717, 1.165) is 65.3 Å². The first-order chi connectivity index (χ1) is 27.7. The molecule has 3 amide bonds. The fraction of sp³-hybridized carbons (Fsp3) is 0.326. The van der Waals surface area contributed by atoms with Crippen molar-refractivity contribution in [2.24, 2.45) is 7.05 Å². The number of ether oxygens (including phenoxy) is 2. The summed E-state index contributed by atoms with van der Waals surface area (Å²) in [5.41, 5.74) is 9.41. The molecular formula is C46H48ClN5O5. The van der Waals surface area contributed by atoms with Gasteiger partial charge in [0.05, 0.1) is 24.5 Å². The van der Waals surface area contributed by atoms with Crippen LogP contribution < -0.4 is 9.64 Å². The lowest BCUT2D eigenvalue weighted by atomic mass is 9.89. The number of rotatable bonds is 9. The van der Waals surface area contributed by atoms with Crippen LogP contribution in [0.15, 0.2) is 97.1 Å². The molecule has 0 unspecified atom stereocenters. The SMILES string of the molecule is Cc1c(C(=O)N(C)c2ccccc2OCc2ccccc2)cc(-c2cc3c(cc2C(=O)N2Cc4ccccc4C[C@H]2CN2CCOCC2)CN(C(=O)Cl)CC3)n1C. The largest absolute Gasteiger partial charge is 0.487 e. The summed E-state index contributed by atoms with van der Waals surface area (Å²) in [6, 6.07) is 31.8. The summed E-state index contributed by atoms with van der Waals surface area (Å²) in [6.07, 6.45) is 1.35. The van der Waals surface area contributed by atoms with Crippen LogP contribution in [-0.2, 0) is 44.3 Å². The van der Waals surface area contributed by atoms with Crippen molar-refractivity contribution in [2.45, 2.75) is 45.5 Å². The van der Waals surface area contributed by atoms with Gasteiger partial charge in [-0.05, 0) is 89.5 Å². The van der Waals surface area contributed by atoms with Crippen LogP contribution >= 0.6 is 11.6 Å². The first-order valence-electron chi connectivity index (χ1n) is 19.6. The number of halogens is 1. The number of para-hydroxylation sites is 2. The maximum atomic E-state index is 15.3. The van der Waals surface area contributed by atoms with Gasteiger partial charge in [0.15, 0.2) is 0 Å². The van der Waals surface area contributed by atoms with Crippen LogP contribution in [0.3, 0.4) is 0 Å². The molecule has 1 fully saturated rings. The van der Waals surface area contributed by atoms with Gasteiger partial charge in [0.2, 0.25) is 0 Å². The lowest BCUT2D eigenvalue weighted by Crippen LogP contribution is -2.52. The molecule has 4 aromatic carbocycles. The topological polar surface area (TPSA) is 87.6 Å². The van der Waals surface area contributed by atoms with E-state index in [-0.39, 0.29) is 17.9 Å². The van der Waals surface area contributed by atoms with Crippen LogP contribution in [-0.4, -0.2) is 88.9 Å². The van der Waals surface area contributed by atoms with Crippen molar-refractivity contribution in [2.75, 3.05) is 51.3 Å². The summed E-state index contributed by atoms with van der Waals surface area (Å²) in [7, 11) is 3.71. The van der Waals surface area contributed by atoms with Gasteiger partial charge < -0.3 is 28.7 Å². The van der Waals surface area contributed by atoms with Gasteiger partial charge in [0.1, 0.15) is 12.4 Å². The number of hydrogen-bond donors (Lipinski definition) is 0. The third-order valence-electron chi connectivity index (χ3n) is 11.8. The van der Waals surface area contributed by atoms with Crippen LogP contribution in [0.4, 0.5) is 10.5 Å². The molecule has 57 heavy (non-hydrogen) atoms. The Balaban J connectivity index is 1.16. The van der Waals surface area contributed by atoms with Crippen molar-refractivity contribution in [3.8, 4) is 17.0 Å². The van der Waals surface area contributed by atoms with Crippen molar-refractivity contribution >= 4 is 34.5 Å². The fourth-order valence-electron chi connectivity index (χ4n) is 8.43. The molecule has 0 aliphatic carbocycles. The predicted octanol–water partition coefficient (Wildman–Crippen LogP) is 7.47. The van der Waals surface area contributed by atoms with Crippen LogP contribution in [0.5, 0.6) is 5.75 Å². The zero-order valence-corrected chi connectivity index (χ0v) is 33.5. The molecule has 0 spiro atoms. The van der Waals surface area contributed by atoms with Crippen molar-refractivity contribution in [3.63, 3.8) is 0 Å². The smallest absolute Gasteiger partial charge is 0.316 e. The highest BCUT2D eigenvalue weighted by Gasteiger charge is 2.35. The van der Waals surface area contributed by atoms with Crippen LogP contribution in [0.25, 0.3) is 11.3 Å². The normalized spacial score (nSPS) is 16.8. The number of fused-ring (bicyclic) bond motifs is 2. The Morgan fingerprint density at radius 2 is 1.54 bits per heavy atom. The van der Waals surface area contributed by atoms with Crippen molar-refractivity contribution < 1.29 is 23.9 Å². The van der Waals surface area contributed by atoms with Crippen molar-refractivity contribution in [1.29, 1.82) is 0 Å². The fourth-order valence-corrected chi connectivity index (χ4v) is 8.57. The van der Waals surface area contributed by atoms with E-state index >= 15 is 4.79 Å². The monoisotopic (exact) mass is 785 g/mol. The molecule has 0 radical (unpaired) electrons. The highest BCUT2D eigenvalue weighted by molar-refractivity contribution is 6.62. The number of anilines is 1. The molecule has 0 bridgehead atoms. The van der Waals surface area contributed by atoms with Gasteiger partial charge in [0.25, 0.3) is 11.8 Å². The summed E-state index contributed by atoms with van der Waals surface area (Å²) in [5.74, 6) is 0.335. The van der Waals surface area contributed by atoms with Gasteiger partial charge in [-0.15, -0.1) is 0 Å². The van der Waals surface area contributed by atoms with Gasteiger partial charge in [-0.25, -0.2) is 0 Å². The third-order valence-corrected chi connectivity index (χ3v) is 12.1. The molecule has 0 N–H and O–H groups in total. The minimum Gasteiger partial charge on any atom is -0.487 e. The standard InChI is InChI=1S/C46H48ClN5O5/c1-31-38(44(53)49(3)41-15-9-10-16-43(41)57-30-32-11-5-4-6-12-32)26-42(48(31)2)39-24-34-17-18-51(46(47)55)27-36(34)25-40(39)45(54)52-28-35-14-8-7-13-33(35)23-37(52)29-50-19-21-56-22-20-50/h4-16,24-26,37H,17-23,27-30H2,1-3H3/t37-/m0/s1. The van der Waals surface area contributed by atoms with E-state index in [0.29, 0.717) is 68.4 Å². The predicted molar refractivity (Wildman–Crippen MR) is 222 cm³/mol. The first-order valence-corrected chi connectivity index (χ1v) is 20.0. The highest BCUT2D eigenvalue weighted by Crippen LogP contribution is 2.37. The average Bonchev–Trinajstić information content (AvgIpc) is 3.54. The molecule has 0 saturated carbocycles. The Morgan fingerprint density at radius 1 is 0.825 bits per heavy atom. The Labute approximate surface area is 339 Å². The average molecular weight is 786 g/mol. The van der Waals surface area contributed by atoms with E-state index in [1.54, 1.807) is 16.8 Å². The first kappa shape index (κ1) is 38.5. The van der Waals surface area contributed by atoms with E-state index < -0.39 is 5.37 Å². The molecule has 4 heterocycles. The molecule has 5 aromatic rings. The molecule has 8 rings (SSSR count). The van der Waals surface area contributed by atoms with Crippen LogP contribution in [0.2, 0.25) is 0 Å². The third kappa shape index (κ3) is 7.94. The summed E-state index contributed by atoms with van der Waals surface area (Å²) >= 11 is 5.98. The Hall–Kier alpha value is -5.42. The zero-order valence-electron chi connectivity index (χ0n) is 32.7. The second kappa shape index (κ2) is 16.6. The maximum absolute atomic E-state index is 15.3. The van der Waals surface area contributed by atoms with Gasteiger partial charge >= 0.3 is 5.37 Å². The minimum absolute atomic E-state index is 0.0552. The number of hydrogen-bond acceptors (Lipinski definition) is 6. The number of carbonyl (C=O) groups excluding carboxylic acids is 3. The molecule has 11 heteroatoms. The van der Waals surface area contributed by atoms with Gasteiger partial charge in [-0.2, -0.15) is 0 Å². The maximum Gasteiger partial charge on any atom is 0.316 e. The summed E-state index contributed by atoms with van der Waals surface area (Å²) in [4.78, 5) is 49.7. The number of benzene rings is 4. The Kier molecular flexibility index (Phi) is 11.2. The zero-order chi connectivity index (χ0) is 39.6. The van der Waals surface area contributed by atoms with Gasteiger partial charge in [-0.1, -0.05) is 66.7 Å². The number of morpholine rings is 1. The summed E-state index contributed by atoms with van der Waals surface area (Å²) < 4.78 is 13.9. The molecule has 294 valence electrons. The van der Waals surface area contributed by atoms with Crippen LogP contribution in [0, 0.1) is 6.92 Å². The molecule has 1 atom stereocenters. The van der Waals surface area contributed by atoms with Crippen molar-refractivity contribution in [1.82, 2.24) is 19.3 Å². The Bertz CT molecular complexity index is 2300. The highest BCUT2D eigenvalue weighted by atomic mass is 35.5. The van der Waals surface area contributed by atoms with E-state index in [2.05, 4.69) is 29.2 Å². The van der Waals surface area contributed by atoms with E-state index in [1.807, 2.05) is 96.2 Å². The number of aromatic nitrogens is 1. The summed E-state index contributed by atoms with van der Waals surface area (Å²) in [6.45, 7) is 7.34. The molecule has 1 aromatic heterocycles. The van der Waals surface area contributed by atoms with E-state index in [4.69, 9.17) is 21.1 Å². The minimum atomic E-state index is -0.506. The molecule has 1 saturated heterocycles. The number of carbonyl (C=O) groups is 3. The van der Waals surface area contributed by atoms with Gasteiger partial charge in [0, 0.05) is 81.9 Å². The van der Waals surface area contributed by atoms with E-state index in [9.17, 15) is 9.59 Å². The quantitative estimate of drug-likeness (QED) is 0.114. The lowest BCUT2D eigenvalue weighted by Gasteiger charge is -2.41. The van der Waals surface area contributed by atoms with Gasteiger partial charge in [-0.3, -0.25) is 19.3 Å². The van der Waals surface area contributed by atoms with Crippen LogP contribution in [0.1, 0.15) is 54.2 Å². The summed E-state index contributed by atoms with van der Waals surface area (Å²) in [5, 5.41) is -0.506. The molecule has 3 aliphatic heterocycles. The lowest BCUT2D eigenvalue weighted by molar-refractivity contribution is 0.0193. The number of amides is 3. The molecule has 3 aliphatic rings. The van der Waals surface area contributed by atoms with E-state index in [1.165, 1.54) is 5.56 Å². The second-order valence-corrected chi connectivity index (χ2v) is 15.6. The molecular weight excluding hydrogens is 738 g/mol. The molecule has 10 nitrogen and oxygen atoms in total.